The summed E-state index contributed by atoms with van der Waals surface area (Å²) in [6.07, 6.45) is 0. The Kier molecular flexibility index (Phi) is 5.79. The fourth-order valence-corrected chi connectivity index (χ4v) is 4.38. The van der Waals surface area contributed by atoms with Crippen molar-refractivity contribution in [3.8, 4) is 0 Å². The molecule has 0 radical (unpaired) electrons. The molecule has 1 aromatic carbocycles. The van der Waals surface area contributed by atoms with Crippen LogP contribution in [-0.2, 0) is 17.1 Å². The van der Waals surface area contributed by atoms with E-state index in [1.54, 1.807) is 25.6 Å². The molecule has 10 heteroatoms. The summed E-state index contributed by atoms with van der Waals surface area (Å²) < 4.78 is 27.4. The number of sulfonamides is 1. The van der Waals surface area contributed by atoms with Gasteiger partial charge < -0.3 is 0 Å². The average molecular weight is 431 g/mol. The van der Waals surface area contributed by atoms with Crippen molar-refractivity contribution in [2.45, 2.75) is 28.6 Å². The first-order valence-electron chi connectivity index (χ1n) is 6.78. The molecular weight excluding hydrogens is 416 g/mol. The van der Waals surface area contributed by atoms with Gasteiger partial charge in [-0.3, -0.25) is 4.68 Å². The van der Waals surface area contributed by atoms with Crippen molar-refractivity contribution in [3.05, 3.63) is 46.2 Å². The van der Waals surface area contributed by atoms with Crippen LogP contribution in [0.4, 0.5) is 0 Å². The molecule has 1 unspecified atom stereocenters. The van der Waals surface area contributed by atoms with Gasteiger partial charge in [0, 0.05) is 23.3 Å². The van der Waals surface area contributed by atoms with Crippen LogP contribution in [0.5, 0.6) is 0 Å². The van der Waals surface area contributed by atoms with Gasteiger partial charge in [0.05, 0.1) is 16.6 Å². The largest absolute Gasteiger partial charge is 0.272 e. The average Bonchev–Trinajstić information content (AvgIpc) is 2.69. The highest BCUT2D eigenvalue weighted by Crippen LogP contribution is 2.42. The van der Waals surface area contributed by atoms with E-state index in [0.29, 0.717) is 22.0 Å². The third kappa shape index (κ3) is 4.18. The van der Waals surface area contributed by atoms with Gasteiger partial charge in [0.2, 0.25) is 13.8 Å². The van der Waals surface area contributed by atoms with Gasteiger partial charge in [-0.25, -0.2) is 8.42 Å². The molecule has 1 heterocycles. The summed E-state index contributed by atoms with van der Waals surface area (Å²) in [6, 6.07) is 4.60. The topological polar surface area (TPSA) is 64.0 Å². The molecule has 0 fully saturated rings. The zero-order chi connectivity index (χ0) is 18.3. The number of halogens is 4. The number of hydrogen-bond donors (Lipinski definition) is 1. The summed E-state index contributed by atoms with van der Waals surface area (Å²) in [5, 5.41) is 4.67. The van der Waals surface area contributed by atoms with E-state index in [4.69, 9.17) is 46.4 Å². The van der Waals surface area contributed by atoms with Crippen LogP contribution >= 0.6 is 46.4 Å². The fraction of sp³-hybridized carbons (Fsp3) is 0.357. The molecule has 0 bridgehead atoms. The molecule has 0 aliphatic carbocycles. The SMILES string of the molecule is Cc1nn(C)c(C)c1C(NS(=O)(=O)c1ccc(Cl)cc1)C(Cl)(Cl)Cl. The molecule has 0 aliphatic heterocycles. The van der Waals surface area contributed by atoms with Crippen LogP contribution in [0.1, 0.15) is 23.0 Å². The van der Waals surface area contributed by atoms with Gasteiger partial charge in [-0.2, -0.15) is 9.82 Å². The number of alkyl halides is 3. The molecule has 0 spiro atoms. The van der Waals surface area contributed by atoms with Gasteiger partial charge in [-0.15, -0.1) is 0 Å². The van der Waals surface area contributed by atoms with Gasteiger partial charge in [0.1, 0.15) is 0 Å². The Bertz CT molecular complexity index is 842. The van der Waals surface area contributed by atoms with E-state index in [1.165, 1.54) is 24.3 Å². The van der Waals surface area contributed by atoms with Gasteiger partial charge >= 0.3 is 0 Å². The molecule has 5 nitrogen and oxygen atoms in total. The second-order valence-electron chi connectivity index (χ2n) is 5.26. The van der Waals surface area contributed by atoms with Crippen LogP contribution in [0.15, 0.2) is 29.2 Å². The molecular formula is C14H15Cl4N3O2S. The summed E-state index contributed by atoms with van der Waals surface area (Å²) in [7, 11) is -2.20. The summed E-state index contributed by atoms with van der Waals surface area (Å²) in [6.45, 7) is 3.50. The van der Waals surface area contributed by atoms with Crippen LogP contribution < -0.4 is 4.72 Å². The first-order chi connectivity index (χ1) is 10.9. The minimum absolute atomic E-state index is 0.0188. The standard InChI is InChI=1S/C14H15Cl4N3O2S/c1-8-12(9(2)21(3)19-8)13(14(16,17)18)20-24(22,23)11-6-4-10(15)5-7-11/h4-7,13,20H,1-3H3. The van der Waals surface area contributed by atoms with Crippen molar-refractivity contribution in [1.82, 2.24) is 14.5 Å². The molecule has 132 valence electrons. The lowest BCUT2D eigenvalue weighted by Gasteiger charge is -2.26. The zero-order valence-electron chi connectivity index (χ0n) is 13.0. The van der Waals surface area contributed by atoms with E-state index in [0.717, 1.165) is 0 Å². The van der Waals surface area contributed by atoms with E-state index in [-0.39, 0.29) is 4.90 Å². The summed E-state index contributed by atoms with van der Waals surface area (Å²) in [5.74, 6) is 0. The Morgan fingerprint density at radius 3 is 2.12 bits per heavy atom. The number of benzene rings is 1. The Hall–Kier alpha value is -0.500. The second kappa shape index (κ2) is 7.02. The van der Waals surface area contributed by atoms with E-state index >= 15 is 0 Å². The lowest BCUT2D eigenvalue weighted by Crippen LogP contribution is -2.37. The molecule has 0 amide bonds. The van der Waals surface area contributed by atoms with Crippen molar-refractivity contribution in [2.75, 3.05) is 0 Å². The van der Waals surface area contributed by atoms with Crippen LogP contribution in [0.25, 0.3) is 0 Å². The van der Waals surface area contributed by atoms with E-state index in [1.807, 2.05) is 0 Å². The van der Waals surface area contributed by atoms with Crippen molar-refractivity contribution >= 4 is 56.4 Å². The monoisotopic (exact) mass is 429 g/mol. The maximum absolute atomic E-state index is 12.6. The Balaban J connectivity index is 2.49. The van der Waals surface area contributed by atoms with Gasteiger partial charge in [-0.1, -0.05) is 46.4 Å². The van der Waals surface area contributed by atoms with Gasteiger partial charge in [-0.05, 0) is 38.1 Å². The Morgan fingerprint density at radius 2 is 1.71 bits per heavy atom. The molecule has 1 N–H and O–H groups in total. The predicted octanol–water partition coefficient (Wildman–Crippen LogP) is 4.08. The predicted molar refractivity (Wildman–Crippen MR) is 97.5 cm³/mol. The minimum Gasteiger partial charge on any atom is -0.272 e. The summed E-state index contributed by atoms with van der Waals surface area (Å²) in [4.78, 5) is 0.0188. The maximum atomic E-state index is 12.6. The van der Waals surface area contributed by atoms with Crippen LogP contribution in [0, 0.1) is 13.8 Å². The Morgan fingerprint density at radius 1 is 1.17 bits per heavy atom. The summed E-state index contributed by atoms with van der Waals surface area (Å²) >= 11 is 23.9. The molecule has 0 saturated carbocycles. The molecule has 2 rings (SSSR count). The molecule has 2 aromatic rings. The lowest BCUT2D eigenvalue weighted by molar-refractivity contribution is 0.556. The van der Waals surface area contributed by atoms with E-state index < -0.39 is 19.9 Å². The normalized spacial score (nSPS) is 14.0. The second-order valence-corrected chi connectivity index (χ2v) is 9.78. The number of hydrogen-bond acceptors (Lipinski definition) is 3. The quantitative estimate of drug-likeness (QED) is 0.743. The fourth-order valence-electron chi connectivity index (χ4n) is 2.33. The van der Waals surface area contributed by atoms with Crippen molar-refractivity contribution in [2.24, 2.45) is 7.05 Å². The number of aryl methyl sites for hydroxylation is 2. The highest BCUT2D eigenvalue weighted by Gasteiger charge is 2.40. The van der Waals surface area contributed by atoms with Crippen LogP contribution in [0.3, 0.4) is 0 Å². The number of aromatic nitrogens is 2. The van der Waals surface area contributed by atoms with Gasteiger partial charge in [0.15, 0.2) is 0 Å². The maximum Gasteiger partial charge on any atom is 0.241 e. The molecule has 24 heavy (non-hydrogen) atoms. The van der Waals surface area contributed by atoms with Crippen molar-refractivity contribution in [1.29, 1.82) is 0 Å². The van der Waals surface area contributed by atoms with E-state index in [9.17, 15) is 8.42 Å². The summed E-state index contributed by atoms with van der Waals surface area (Å²) in [5.41, 5.74) is 1.79. The molecule has 1 atom stereocenters. The van der Waals surface area contributed by atoms with Crippen molar-refractivity contribution in [3.63, 3.8) is 0 Å². The zero-order valence-corrected chi connectivity index (χ0v) is 16.9. The van der Waals surface area contributed by atoms with Gasteiger partial charge in [0.25, 0.3) is 0 Å². The Labute approximate surface area is 160 Å². The molecule has 0 saturated heterocycles. The first-order valence-corrected chi connectivity index (χ1v) is 9.77. The third-order valence-corrected chi connectivity index (χ3v) is 5.92. The van der Waals surface area contributed by atoms with Crippen molar-refractivity contribution < 1.29 is 8.42 Å². The number of rotatable bonds is 4. The highest BCUT2D eigenvalue weighted by molar-refractivity contribution is 7.89. The lowest BCUT2D eigenvalue weighted by atomic mass is 10.1. The van der Waals surface area contributed by atoms with Crippen LogP contribution in [-0.4, -0.2) is 22.0 Å². The van der Waals surface area contributed by atoms with Crippen LogP contribution in [0.2, 0.25) is 5.02 Å². The smallest absolute Gasteiger partial charge is 0.241 e. The first kappa shape index (κ1) is 19.8. The minimum atomic E-state index is -3.93. The van der Waals surface area contributed by atoms with E-state index in [2.05, 4.69) is 9.82 Å². The highest BCUT2D eigenvalue weighted by atomic mass is 35.6. The number of nitrogens with zero attached hydrogens (tertiary/aromatic N) is 2. The third-order valence-electron chi connectivity index (χ3n) is 3.58. The molecule has 1 aromatic heterocycles. The number of nitrogens with one attached hydrogen (secondary N) is 1. The molecule has 0 aliphatic rings.